The number of hydrogen-bond donors (Lipinski definition) is 2. The van der Waals surface area contributed by atoms with Gasteiger partial charge in [0.15, 0.2) is 0 Å². The summed E-state index contributed by atoms with van der Waals surface area (Å²) >= 11 is 5.81. The fourth-order valence-electron chi connectivity index (χ4n) is 1.33. The monoisotopic (exact) mass is 281 g/mol. The number of aromatic nitrogens is 5. The van der Waals surface area contributed by atoms with E-state index in [4.69, 9.17) is 11.6 Å². The largest absolute Gasteiger partial charge is 0.355 e. The molecule has 0 bridgehead atoms. The molecular weight excluding hydrogens is 270 g/mol. The van der Waals surface area contributed by atoms with Gasteiger partial charge in [0, 0.05) is 18.9 Å². The summed E-state index contributed by atoms with van der Waals surface area (Å²) in [6, 6.07) is 0. The van der Waals surface area contributed by atoms with Crippen LogP contribution in [-0.4, -0.2) is 43.5 Å². The third-order valence-electron chi connectivity index (χ3n) is 2.11. The lowest BCUT2D eigenvalue weighted by molar-refractivity contribution is -0.119. The van der Waals surface area contributed by atoms with E-state index in [1.807, 2.05) is 6.92 Å². The molecule has 0 fully saturated rings. The summed E-state index contributed by atoms with van der Waals surface area (Å²) in [7, 11) is 0. The lowest BCUT2D eigenvalue weighted by atomic mass is 10.5. The molecule has 8 nitrogen and oxygen atoms in total. The smallest absolute Gasteiger partial charge is 0.241 e. The van der Waals surface area contributed by atoms with Gasteiger partial charge in [-0.3, -0.25) is 9.36 Å². The SMILES string of the molecule is CCNC(=O)CNc1nc(Cl)nc(-n2ccnc2)n1. The lowest BCUT2D eigenvalue weighted by Crippen LogP contribution is -2.30. The molecular formula is C10H12ClN7O. The highest BCUT2D eigenvalue weighted by Gasteiger charge is 2.07. The van der Waals surface area contributed by atoms with E-state index in [0.29, 0.717) is 12.5 Å². The molecule has 2 heterocycles. The second-order valence-corrected chi connectivity index (χ2v) is 3.84. The van der Waals surface area contributed by atoms with Crippen molar-refractivity contribution in [2.24, 2.45) is 0 Å². The average Bonchev–Trinajstić information content (AvgIpc) is 2.90. The van der Waals surface area contributed by atoms with E-state index >= 15 is 0 Å². The van der Waals surface area contributed by atoms with Crippen LogP contribution in [0.5, 0.6) is 0 Å². The minimum Gasteiger partial charge on any atom is -0.355 e. The van der Waals surface area contributed by atoms with Gasteiger partial charge >= 0.3 is 0 Å². The minimum absolute atomic E-state index is 0.0390. The number of likely N-dealkylation sites (N-methyl/N-ethyl adjacent to an activating group) is 1. The average molecular weight is 282 g/mol. The summed E-state index contributed by atoms with van der Waals surface area (Å²) in [6.07, 6.45) is 4.82. The second kappa shape index (κ2) is 6.10. The molecule has 0 saturated carbocycles. The van der Waals surface area contributed by atoms with Crippen molar-refractivity contribution in [3.05, 3.63) is 24.0 Å². The van der Waals surface area contributed by atoms with Crippen LogP contribution in [0.4, 0.5) is 5.95 Å². The van der Waals surface area contributed by atoms with Gasteiger partial charge < -0.3 is 10.6 Å². The molecule has 0 aromatic carbocycles. The van der Waals surface area contributed by atoms with Gasteiger partial charge in [0.1, 0.15) is 6.33 Å². The van der Waals surface area contributed by atoms with Crippen LogP contribution >= 0.6 is 11.6 Å². The number of nitrogens with one attached hydrogen (secondary N) is 2. The maximum absolute atomic E-state index is 11.3. The Kier molecular flexibility index (Phi) is 4.24. The van der Waals surface area contributed by atoms with E-state index in [1.165, 1.54) is 0 Å². The molecule has 0 saturated heterocycles. The molecule has 2 N–H and O–H groups in total. The zero-order valence-electron chi connectivity index (χ0n) is 10.2. The number of amides is 1. The van der Waals surface area contributed by atoms with Crippen molar-refractivity contribution >= 4 is 23.5 Å². The predicted molar refractivity (Wildman–Crippen MR) is 69.1 cm³/mol. The van der Waals surface area contributed by atoms with E-state index in [2.05, 4.69) is 30.6 Å². The first-order chi connectivity index (χ1) is 9.19. The maximum atomic E-state index is 11.3. The standard InChI is InChI=1S/C10H12ClN7O/c1-2-13-7(19)5-14-9-15-8(11)16-10(17-9)18-4-3-12-6-18/h3-4,6H,2,5H2,1H3,(H,13,19)(H,14,15,16,17). The third kappa shape index (κ3) is 3.62. The first-order valence-electron chi connectivity index (χ1n) is 5.59. The molecule has 0 aliphatic heterocycles. The van der Waals surface area contributed by atoms with Gasteiger partial charge in [0.05, 0.1) is 6.54 Å². The van der Waals surface area contributed by atoms with E-state index in [1.54, 1.807) is 23.3 Å². The maximum Gasteiger partial charge on any atom is 0.241 e. The van der Waals surface area contributed by atoms with Gasteiger partial charge in [-0.2, -0.15) is 15.0 Å². The van der Waals surface area contributed by atoms with Gasteiger partial charge in [-0.1, -0.05) is 0 Å². The van der Waals surface area contributed by atoms with Crippen LogP contribution in [0, 0.1) is 0 Å². The van der Waals surface area contributed by atoms with Crippen LogP contribution in [0.1, 0.15) is 6.92 Å². The summed E-state index contributed by atoms with van der Waals surface area (Å²) < 4.78 is 1.59. The molecule has 0 aliphatic carbocycles. The van der Waals surface area contributed by atoms with Gasteiger partial charge in [0.2, 0.25) is 23.1 Å². The molecule has 2 aromatic rings. The zero-order valence-corrected chi connectivity index (χ0v) is 10.9. The molecule has 2 rings (SSSR count). The highest BCUT2D eigenvalue weighted by molar-refractivity contribution is 6.28. The molecule has 0 spiro atoms. The molecule has 0 aliphatic rings. The Hall–Kier alpha value is -2.22. The van der Waals surface area contributed by atoms with Crippen LogP contribution in [0.3, 0.4) is 0 Å². The fourth-order valence-corrected chi connectivity index (χ4v) is 1.49. The Balaban J connectivity index is 2.11. The Labute approximate surface area is 114 Å². The number of anilines is 1. The number of nitrogens with zero attached hydrogens (tertiary/aromatic N) is 5. The minimum atomic E-state index is -0.150. The highest BCUT2D eigenvalue weighted by atomic mass is 35.5. The number of imidazole rings is 1. The van der Waals surface area contributed by atoms with Crippen molar-refractivity contribution in [3.63, 3.8) is 0 Å². The van der Waals surface area contributed by atoms with Gasteiger partial charge in [-0.15, -0.1) is 0 Å². The molecule has 1 amide bonds. The highest BCUT2D eigenvalue weighted by Crippen LogP contribution is 2.08. The van der Waals surface area contributed by atoms with Crippen LogP contribution in [0.2, 0.25) is 5.28 Å². The quantitative estimate of drug-likeness (QED) is 0.816. The topological polar surface area (TPSA) is 97.6 Å². The Bertz CT molecular complexity index is 557. The molecule has 9 heteroatoms. The lowest BCUT2D eigenvalue weighted by Gasteiger charge is -2.06. The van der Waals surface area contributed by atoms with Crippen molar-refractivity contribution in [2.75, 3.05) is 18.4 Å². The van der Waals surface area contributed by atoms with Crippen molar-refractivity contribution in [3.8, 4) is 5.95 Å². The van der Waals surface area contributed by atoms with Gasteiger partial charge in [-0.05, 0) is 18.5 Å². The van der Waals surface area contributed by atoms with Crippen LogP contribution in [-0.2, 0) is 4.79 Å². The van der Waals surface area contributed by atoms with E-state index < -0.39 is 0 Å². The second-order valence-electron chi connectivity index (χ2n) is 3.51. The summed E-state index contributed by atoms with van der Waals surface area (Å²) in [4.78, 5) is 27.2. The van der Waals surface area contributed by atoms with Crippen LogP contribution in [0.25, 0.3) is 5.95 Å². The number of rotatable bonds is 5. The van der Waals surface area contributed by atoms with Gasteiger partial charge in [-0.25, -0.2) is 4.98 Å². The van der Waals surface area contributed by atoms with Crippen LogP contribution < -0.4 is 10.6 Å². The first-order valence-corrected chi connectivity index (χ1v) is 5.97. The predicted octanol–water partition coefficient (Wildman–Crippen LogP) is 0.259. The molecule has 2 aromatic heterocycles. The van der Waals surface area contributed by atoms with E-state index in [9.17, 15) is 4.79 Å². The van der Waals surface area contributed by atoms with Crippen molar-refractivity contribution in [1.29, 1.82) is 0 Å². The van der Waals surface area contributed by atoms with Crippen molar-refractivity contribution in [1.82, 2.24) is 29.8 Å². The Morgan fingerprint density at radius 2 is 2.26 bits per heavy atom. The van der Waals surface area contributed by atoms with Crippen LogP contribution in [0.15, 0.2) is 18.7 Å². The van der Waals surface area contributed by atoms with E-state index in [0.717, 1.165) is 0 Å². The summed E-state index contributed by atoms with van der Waals surface area (Å²) in [5, 5.41) is 5.47. The summed E-state index contributed by atoms with van der Waals surface area (Å²) in [5.41, 5.74) is 0. The molecule has 0 atom stereocenters. The number of carbonyl (C=O) groups excluding carboxylic acids is 1. The first kappa shape index (κ1) is 13.2. The number of carbonyl (C=O) groups is 1. The molecule has 100 valence electrons. The third-order valence-corrected chi connectivity index (χ3v) is 2.28. The summed E-state index contributed by atoms with van der Waals surface area (Å²) in [6.45, 7) is 2.48. The Morgan fingerprint density at radius 3 is 2.95 bits per heavy atom. The van der Waals surface area contributed by atoms with Gasteiger partial charge in [0.25, 0.3) is 0 Å². The van der Waals surface area contributed by atoms with Crippen molar-refractivity contribution < 1.29 is 4.79 Å². The number of halogens is 1. The number of hydrogen-bond acceptors (Lipinski definition) is 6. The summed E-state index contributed by atoms with van der Waals surface area (Å²) in [5.74, 6) is 0.411. The fraction of sp³-hybridized carbons (Fsp3) is 0.300. The van der Waals surface area contributed by atoms with Crippen molar-refractivity contribution in [2.45, 2.75) is 6.92 Å². The molecule has 0 unspecified atom stereocenters. The normalized spacial score (nSPS) is 10.2. The Morgan fingerprint density at radius 1 is 1.42 bits per heavy atom. The zero-order chi connectivity index (χ0) is 13.7. The molecule has 19 heavy (non-hydrogen) atoms. The molecule has 0 radical (unpaired) electrons. The van der Waals surface area contributed by atoms with E-state index in [-0.39, 0.29) is 23.7 Å².